The molecule has 0 amide bonds. The second-order valence-corrected chi connectivity index (χ2v) is 2.98. The number of carbonyl (C=O) groups is 1. The molecule has 1 aromatic heterocycles. The van der Waals surface area contributed by atoms with Crippen LogP contribution in [0.4, 0.5) is 5.82 Å². The van der Waals surface area contributed by atoms with Crippen molar-refractivity contribution >= 4 is 11.8 Å². The van der Waals surface area contributed by atoms with Crippen molar-refractivity contribution in [1.82, 2.24) is 9.78 Å². The highest BCUT2D eigenvalue weighted by Crippen LogP contribution is 1.97. The largest absolute Gasteiger partial charge is 0.462 e. The molecule has 13 heavy (non-hydrogen) atoms. The standard InChI is InChI=1S/C8H13N3O2/c1-6(2)13-8(12)5-11-4-3-7(9)10-11/h3-4,6H,5H2,1-2H3,(H2,9,10). The fourth-order valence-electron chi connectivity index (χ4n) is 0.898. The molecule has 5 nitrogen and oxygen atoms in total. The number of esters is 1. The van der Waals surface area contributed by atoms with Crippen LogP contribution in [0.3, 0.4) is 0 Å². The van der Waals surface area contributed by atoms with E-state index in [1.807, 2.05) is 0 Å². The molecule has 0 unspecified atom stereocenters. The maximum atomic E-state index is 11.1. The Balaban J connectivity index is 2.45. The van der Waals surface area contributed by atoms with Gasteiger partial charge in [0.2, 0.25) is 0 Å². The molecule has 0 aliphatic heterocycles. The van der Waals surface area contributed by atoms with Crippen molar-refractivity contribution in [2.75, 3.05) is 5.73 Å². The lowest BCUT2D eigenvalue weighted by Gasteiger charge is -2.07. The fraction of sp³-hybridized carbons (Fsp3) is 0.500. The van der Waals surface area contributed by atoms with Gasteiger partial charge in [-0.15, -0.1) is 0 Å². The highest BCUT2D eigenvalue weighted by molar-refractivity contribution is 5.69. The molecule has 0 aliphatic rings. The highest BCUT2D eigenvalue weighted by Gasteiger charge is 2.06. The molecule has 1 rings (SSSR count). The molecule has 0 spiro atoms. The van der Waals surface area contributed by atoms with Gasteiger partial charge in [0, 0.05) is 6.20 Å². The molecular formula is C8H13N3O2. The zero-order chi connectivity index (χ0) is 9.84. The Morgan fingerprint density at radius 3 is 2.92 bits per heavy atom. The number of ether oxygens (including phenoxy) is 1. The normalized spacial score (nSPS) is 10.4. The first-order valence-corrected chi connectivity index (χ1v) is 4.06. The number of nitrogen functional groups attached to an aromatic ring is 1. The van der Waals surface area contributed by atoms with Gasteiger partial charge in [-0.2, -0.15) is 5.10 Å². The minimum atomic E-state index is -0.307. The molecule has 0 bridgehead atoms. The van der Waals surface area contributed by atoms with Crippen LogP contribution in [-0.4, -0.2) is 21.9 Å². The summed E-state index contributed by atoms with van der Waals surface area (Å²) >= 11 is 0. The van der Waals surface area contributed by atoms with E-state index in [4.69, 9.17) is 10.5 Å². The van der Waals surface area contributed by atoms with Crippen LogP contribution in [0.1, 0.15) is 13.8 Å². The second kappa shape index (κ2) is 3.93. The third-order valence-electron chi connectivity index (χ3n) is 1.32. The van der Waals surface area contributed by atoms with Crippen LogP contribution in [0.2, 0.25) is 0 Å². The summed E-state index contributed by atoms with van der Waals surface area (Å²) in [4.78, 5) is 11.1. The van der Waals surface area contributed by atoms with Crippen molar-refractivity contribution in [3.63, 3.8) is 0 Å². The summed E-state index contributed by atoms with van der Waals surface area (Å²) in [6.45, 7) is 3.71. The Kier molecular flexibility index (Phi) is 2.89. The lowest BCUT2D eigenvalue weighted by molar-refractivity contribution is -0.148. The van der Waals surface area contributed by atoms with Crippen molar-refractivity contribution in [3.05, 3.63) is 12.3 Å². The lowest BCUT2D eigenvalue weighted by atomic mass is 10.5. The second-order valence-electron chi connectivity index (χ2n) is 2.98. The zero-order valence-electron chi connectivity index (χ0n) is 7.73. The number of carbonyl (C=O) groups excluding carboxylic acids is 1. The summed E-state index contributed by atoms with van der Waals surface area (Å²) in [6, 6.07) is 1.63. The van der Waals surface area contributed by atoms with Crippen LogP contribution < -0.4 is 5.73 Å². The molecule has 5 heteroatoms. The van der Waals surface area contributed by atoms with Crippen molar-refractivity contribution < 1.29 is 9.53 Å². The van der Waals surface area contributed by atoms with E-state index in [1.165, 1.54) is 4.68 Å². The highest BCUT2D eigenvalue weighted by atomic mass is 16.5. The quantitative estimate of drug-likeness (QED) is 0.689. The predicted molar refractivity (Wildman–Crippen MR) is 47.9 cm³/mol. The molecule has 0 atom stereocenters. The maximum absolute atomic E-state index is 11.1. The molecule has 0 radical (unpaired) electrons. The van der Waals surface area contributed by atoms with Gasteiger partial charge in [-0.05, 0) is 19.9 Å². The van der Waals surface area contributed by atoms with E-state index >= 15 is 0 Å². The Labute approximate surface area is 76.5 Å². The van der Waals surface area contributed by atoms with Crippen LogP contribution in [0.25, 0.3) is 0 Å². The number of rotatable bonds is 3. The van der Waals surface area contributed by atoms with Gasteiger partial charge in [0.25, 0.3) is 0 Å². The fourth-order valence-corrected chi connectivity index (χ4v) is 0.898. The van der Waals surface area contributed by atoms with Gasteiger partial charge in [-0.1, -0.05) is 0 Å². The Bertz CT molecular complexity index is 293. The monoisotopic (exact) mass is 183 g/mol. The van der Waals surface area contributed by atoms with E-state index in [2.05, 4.69) is 5.10 Å². The molecule has 72 valence electrons. The Morgan fingerprint density at radius 2 is 2.46 bits per heavy atom. The Morgan fingerprint density at radius 1 is 1.77 bits per heavy atom. The summed E-state index contributed by atoms with van der Waals surface area (Å²) in [5.74, 6) is 0.0930. The van der Waals surface area contributed by atoms with Gasteiger partial charge in [-0.3, -0.25) is 9.48 Å². The molecule has 2 N–H and O–H groups in total. The van der Waals surface area contributed by atoms with Gasteiger partial charge in [-0.25, -0.2) is 0 Å². The summed E-state index contributed by atoms with van der Waals surface area (Å²) < 4.78 is 6.37. The van der Waals surface area contributed by atoms with Gasteiger partial charge < -0.3 is 10.5 Å². The minimum absolute atomic E-state index is 0.0968. The number of hydrogen-bond donors (Lipinski definition) is 1. The molecule has 0 aliphatic carbocycles. The average molecular weight is 183 g/mol. The van der Waals surface area contributed by atoms with Crippen LogP contribution in [0.5, 0.6) is 0 Å². The SMILES string of the molecule is CC(C)OC(=O)Cn1ccc(N)n1. The van der Waals surface area contributed by atoms with Gasteiger partial charge in [0.05, 0.1) is 6.10 Å². The smallest absolute Gasteiger partial charge is 0.328 e. The first-order valence-electron chi connectivity index (χ1n) is 4.06. The van der Waals surface area contributed by atoms with E-state index in [0.29, 0.717) is 5.82 Å². The van der Waals surface area contributed by atoms with Crippen LogP contribution in [0.15, 0.2) is 12.3 Å². The topological polar surface area (TPSA) is 70.1 Å². The molecular weight excluding hydrogens is 170 g/mol. The first kappa shape index (κ1) is 9.57. The third kappa shape index (κ3) is 3.14. The van der Waals surface area contributed by atoms with Crippen molar-refractivity contribution in [2.45, 2.75) is 26.5 Å². The third-order valence-corrected chi connectivity index (χ3v) is 1.32. The summed E-state index contributed by atoms with van der Waals surface area (Å²) in [5, 5.41) is 3.85. The molecule has 0 fully saturated rings. The summed E-state index contributed by atoms with van der Waals surface area (Å²) in [5.41, 5.74) is 5.37. The van der Waals surface area contributed by atoms with E-state index in [9.17, 15) is 4.79 Å². The number of nitrogens with two attached hydrogens (primary N) is 1. The van der Waals surface area contributed by atoms with Crippen molar-refractivity contribution in [2.24, 2.45) is 0 Å². The van der Waals surface area contributed by atoms with E-state index < -0.39 is 0 Å². The summed E-state index contributed by atoms with van der Waals surface area (Å²) in [7, 11) is 0. The van der Waals surface area contributed by atoms with Gasteiger partial charge >= 0.3 is 5.97 Å². The molecule has 0 saturated carbocycles. The zero-order valence-corrected chi connectivity index (χ0v) is 7.73. The van der Waals surface area contributed by atoms with E-state index in [1.54, 1.807) is 26.1 Å². The van der Waals surface area contributed by atoms with Crippen molar-refractivity contribution in [3.8, 4) is 0 Å². The molecule has 0 saturated heterocycles. The van der Waals surface area contributed by atoms with E-state index in [0.717, 1.165) is 0 Å². The average Bonchev–Trinajstić information content (AvgIpc) is 2.33. The number of nitrogens with zero attached hydrogens (tertiary/aromatic N) is 2. The molecule has 0 aromatic carbocycles. The number of anilines is 1. The van der Waals surface area contributed by atoms with Crippen LogP contribution in [-0.2, 0) is 16.1 Å². The summed E-state index contributed by atoms with van der Waals surface area (Å²) in [6.07, 6.45) is 1.54. The van der Waals surface area contributed by atoms with Gasteiger partial charge in [0.1, 0.15) is 12.4 Å². The Hall–Kier alpha value is -1.52. The van der Waals surface area contributed by atoms with Crippen molar-refractivity contribution in [1.29, 1.82) is 0 Å². The molecule has 1 heterocycles. The predicted octanol–water partition coefficient (Wildman–Crippen LogP) is 0.417. The number of aromatic nitrogens is 2. The number of hydrogen-bond acceptors (Lipinski definition) is 4. The maximum Gasteiger partial charge on any atom is 0.328 e. The lowest BCUT2D eigenvalue weighted by Crippen LogP contribution is -2.17. The first-order chi connectivity index (χ1) is 6.08. The van der Waals surface area contributed by atoms with Crippen LogP contribution in [0, 0.1) is 0 Å². The van der Waals surface area contributed by atoms with Gasteiger partial charge in [0.15, 0.2) is 0 Å². The molecule has 1 aromatic rings. The minimum Gasteiger partial charge on any atom is -0.462 e. The van der Waals surface area contributed by atoms with E-state index in [-0.39, 0.29) is 18.6 Å². The van der Waals surface area contributed by atoms with Crippen LogP contribution >= 0.6 is 0 Å².